The minimum Gasteiger partial charge on any atom is -0.322 e. The molecule has 0 radical (unpaired) electrons. The number of rotatable bonds is 2. The van der Waals surface area contributed by atoms with Gasteiger partial charge in [-0.25, -0.2) is 4.39 Å². The van der Waals surface area contributed by atoms with Crippen molar-refractivity contribution in [3.05, 3.63) is 64.4 Å². The molecule has 0 aromatic heterocycles. The molecule has 92 valence electrons. The molecule has 0 fully saturated rings. The van der Waals surface area contributed by atoms with Crippen LogP contribution >= 0.6 is 11.6 Å². The zero-order valence-corrected chi connectivity index (χ0v) is 10.5. The molecule has 0 heterocycles. The molecular formula is C14H11ClFNO. The van der Waals surface area contributed by atoms with E-state index in [0.29, 0.717) is 10.7 Å². The maximum atomic E-state index is 13.6. The molecule has 1 amide bonds. The van der Waals surface area contributed by atoms with Crippen molar-refractivity contribution in [2.24, 2.45) is 0 Å². The van der Waals surface area contributed by atoms with Crippen molar-refractivity contribution >= 4 is 23.2 Å². The Balaban J connectivity index is 2.19. The zero-order chi connectivity index (χ0) is 13.1. The summed E-state index contributed by atoms with van der Waals surface area (Å²) in [5, 5.41) is 3.19. The average molecular weight is 264 g/mol. The molecule has 0 aliphatic rings. The van der Waals surface area contributed by atoms with Gasteiger partial charge in [-0.3, -0.25) is 4.79 Å². The van der Waals surface area contributed by atoms with Gasteiger partial charge in [0.2, 0.25) is 0 Å². The van der Waals surface area contributed by atoms with Crippen LogP contribution in [0.1, 0.15) is 15.9 Å². The standard InChI is InChI=1S/C14H11ClFNO/c1-9-2-7-12(13(16)8-9)14(18)17-11-5-3-10(15)4-6-11/h2-8H,1H3,(H,17,18). The van der Waals surface area contributed by atoms with Crippen molar-refractivity contribution in [2.45, 2.75) is 6.92 Å². The van der Waals surface area contributed by atoms with Crippen LogP contribution in [0.5, 0.6) is 0 Å². The average Bonchev–Trinajstić information content (AvgIpc) is 2.32. The van der Waals surface area contributed by atoms with E-state index in [4.69, 9.17) is 11.6 Å². The van der Waals surface area contributed by atoms with Crippen LogP contribution in [0.25, 0.3) is 0 Å². The number of nitrogens with one attached hydrogen (secondary N) is 1. The number of carbonyl (C=O) groups excluding carboxylic acids is 1. The molecule has 1 N–H and O–H groups in total. The van der Waals surface area contributed by atoms with Gasteiger partial charge in [-0.05, 0) is 48.9 Å². The molecule has 4 heteroatoms. The van der Waals surface area contributed by atoms with E-state index >= 15 is 0 Å². The first-order valence-electron chi connectivity index (χ1n) is 5.39. The first-order valence-corrected chi connectivity index (χ1v) is 5.77. The highest BCUT2D eigenvalue weighted by atomic mass is 35.5. The van der Waals surface area contributed by atoms with E-state index in [9.17, 15) is 9.18 Å². The van der Waals surface area contributed by atoms with Crippen molar-refractivity contribution in [1.82, 2.24) is 0 Å². The second-order valence-electron chi connectivity index (χ2n) is 3.94. The van der Waals surface area contributed by atoms with Gasteiger partial charge in [0.25, 0.3) is 5.91 Å². The first-order chi connectivity index (χ1) is 8.56. The summed E-state index contributed by atoms with van der Waals surface area (Å²) in [5.41, 5.74) is 1.37. The number of hydrogen-bond donors (Lipinski definition) is 1. The molecule has 2 aromatic carbocycles. The summed E-state index contributed by atoms with van der Waals surface area (Å²) < 4.78 is 13.6. The SMILES string of the molecule is Cc1ccc(C(=O)Nc2ccc(Cl)cc2)c(F)c1. The monoisotopic (exact) mass is 263 g/mol. The number of amides is 1. The summed E-state index contributed by atoms with van der Waals surface area (Å²) in [6.07, 6.45) is 0. The quantitative estimate of drug-likeness (QED) is 0.870. The molecule has 18 heavy (non-hydrogen) atoms. The topological polar surface area (TPSA) is 29.1 Å². The van der Waals surface area contributed by atoms with Crippen molar-refractivity contribution in [3.8, 4) is 0 Å². The van der Waals surface area contributed by atoms with Crippen LogP contribution in [0.2, 0.25) is 5.02 Å². The van der Waals surface area contributed by atoms with Crippen LogP contribution in [0.3, 0.4) is 0 Å². The van der Waals surface area contributed by atoms with Crippen molar-refractivity contribution < 1.29 is 9.18 Å². The molecule has 0 saturated carbocycles. The van der Waals surface area contributed by atoms with E-state index in [-0.39, 0.29) is 5.56 Å². The van der Waals surface area contributed by atoms with E-state index in [1.807, 2.05) is 0 Å². The molecular weight excluding hydrogens is 253 g/mol. The highest BCUT2D eigenvalue weighted by molar-refractivity contribution is 6.30. The minimum absolute atomic E-state index is 0.0237. The van der Waals surface area contributed by atoms with Gasteiger partial charge in [0.1, 0.15) is 5.82 Å². The number of aryl methyl sites for hydroxylation is 1. The van der Waals surface area contributed by atoms with Gasteiger partial charge in [-0.2, -0.15) is 0 Å². The Morgan fingerprint density at radius 1 is 1.17 bits per heavy atom. The normalized spacial score (nSPS) is 10.2. The predicted octanol–water partition coefficient (Wildman–Crippen LogP) is 4.04. The molecule has 0 atom stereocenters. The molecule has 0 saturated heterocycles. The summed E-state index contributed by atoms with van der Waals surface area (Å²) in [4.78, 5) is 11.8. The Labute approximate surface area is 109 Å². The van der Waals surface area contributed by atoms with Gasteiger partial charge >= 0.3 is 0 Å². The summed E-state index contributed by atoms with van der Waals surface area (Å²) in [6, 6.07) is 11.1. The van der Waals surface area contributed by atoms with Gasteiger partial charge in [0.05, 0.1) is 5.56 Å². The Morgan fingerprint density at radius 3 is 2.44 bits per heavy atom. The Bertz CT molecular complexity index is 581. The summed E-state index contributed by atoms with van der Waals surface area (Å²) in [5.74, 6) is -1.00. The van der Waals surface area contributed by atoms with Gasteiger partial charge < -0.3 is 5.32 Å². The van der Waals surface area contributed by atoms with Crippen molar-refractivity contribution in [2.75, 3.05) is 5.32 Å². The molecule has 2 nitrogen and oxygen atoms in total. The first kappa shape index (κ1) is 12.6. The Morgan fingerprint density at radius 2 is 1.83 bits per heavy atom. The van der Waals surface area contributed by atoms with Gasteiger partial charge in [-0.1, -0.05) is 17.7 Å². The lowest BCUT2D eigenvalue weighted by molar-refractivity contribution is 0.102. The van der Waals surface area contributed by atoms with Crippen LogP contribution in [-0.2, 0) is 0 Å². The third kappa shape index (κ3) is 2.87. The highest BCUT2D eigenvalue weighted by Gasteiger charge is 2.11. The Hall–Kier alpha value is -1.87. The third-order valence-corrected chi connectivity index (χ3v) is 2.72. The lowest BCUT2D eigenvalue weighted by Crippen LogP contribution is -2.13. The molecule has 2 rings (SSSR count). The number of hydrogen-bond acceptors (Lipinski definition) is 1. The lowest BCUT2D eigenvalue weighted by Gasteiger charge is -2.06. The van der Waals surface area contributed by atoms with E-state index in [1.54, 1.807) is 37.3 Å². The largest absolute Gasteiger partial charge is 0.322 e. The van der Waals surface area contributed by atoms with Gasteiger partial charge in [-0.15, -0.1) is 0 Å². The fourth-order valence-electron chi connectivity index (χ4n) is 1.54. The summed E-state index contributed by atoms with van der Waals surface area (Å²) in [6.45, 7) is 1.77. The van der Waals surface area contributed by atoms with Crippen LogP contribution in [0.15, 0.2) is 42.5 Å². The van der Waals surface area contributed by atoms with Crippen LogP contribution in [0.4, 0.5) is 10.1 Å². The van der Waals surface area contributed by atoms with Gasteiger partial charge in [0, 0.05) is 10.7 Å². The molecule has 0 bridgehead atoms. The molecule has 0 aliphatic carbocycles. The van der Waals surface area contributed by atoms with Gasteiger partial charge in [0.15, 0.2) is 0 Å². The minimum atomic E-state index is -0.526. The van der Waals surface area contributed by atoms with Crippen molar-refractivity contribution in [1.29, 1.82) is 0 Å². The van der Waals surface area contributed by atoms with Crippen LogP contribution in [-0.4, -0.2) is 5.91 Å². The summed E-state index contributed by atoms with van der Waals surface area (Å²) in [7, 11) is 0. The third-order valence-electron chi connectivity index (χ3n) is 2.47. The maximum Gasteiger partial charge on any atom is 0.258 e. The second kappa shape index (κ2) is 5.19. The maximum absolute atomic E-state index is 13.6. The lowest BCUT2D eigenvalue weighted by atomic mass is 10.1. The molecule has 0 unspecified atom stereocenters. The van der Waals surface area contributed by atoms with E-state index in [2.05, 4.69) is 5.32 Å². The smallest absolute Gasteiger partial charge is 0.258 e. The number of anilines is 1. The second-order valence-corrected chi connectivity index (χ2v) is 4.38. The van der Waals surface area contributed by atoms with Crippen LogP contribution < -0.4 is 5.32 Å². The predicted molar refractivity (Wildman–Crippen MR) is 70.5 cm³/mol. The molecule has 2 aromatic rings. The fraction of sp³-hybridized carbons (Fsp3) is 0.0714. The summed E-state index contributed by atoms with van der Waals surface area (Å²) >= 11 is 5.74. The number of halogens is 2. The van der Waals surface area contributed by atoms with Crippen LogP contribution in [0, 0.1) is 12.7 Å². The van der Waals surface area contributed by atoms with E-state index < -0.39 is 11.7 Å². The van der Waals surface area contributed by atoms with E-state index in [1.165, 1.54) is 12.1 Å². The Kier molecular flexibility index (Phi) is 3.63. The zero-order valence-electron chi connectivity index (χ0n) is 9.71. The number of benzene rings is 2. The number of carbonyl (C=O) groups is 1. The molecule has 0 aliphatic heterocycles. The van der Waals surface area contributed by atoms with Crippen molar-refractivity contribution in [3.63, 3.8) is 0 Å². The molecule has 0 spiro atoms. The fourth-order valence-corrected chi connectivity index (χ4v) is 1.66. The highest BCUT2D eigenvalue weighted by Crippen LogP contribution is 2.16. The van der Waals surface area contributed by atoms with E-state index in [0.717, 1.165) is 5.56 Å².